The van der Waals surface area contributed by atoms with Gasteiger partial charge >= 0.3 is 0 Å². The number of fused-ring (bicyclic) bond motifs is 1. The molecule has 21 heavy (non-hydrogen) atoms. The van der Waals surface area contributed by atoms with Gasteiger partial charge in [0.2, 0.25) is 0 Å². The van der Waals surface area contributed by atoms with E-state index in [0.717, 1.165) is 42.7 Å². The van der Waals surface area contributed by atoms with Crippen LogP contribution in [-0.2, 0) is 0 Å². The molecule has 3 rings (SSSR count). The van der Waals surface area contributed by atoms with Gasteiger partial charge in [0.05, 0.1) is 5.69 Å². The molecule has 2 heterocycles. The van der Waals surface area contributed by atoms with Gasteiger partial charge in [0.1, 0.15) is 4.88 Å². The molecule has 2 N–H and O–H groups in total. The Balaban J connectivity index is 1.94. The lowest BCUT2D eigenvalue weighted by Crippen LogP contribution is -2.34. The first-order valence-electron chi connectivity index (χ1n) is 7.33. The second kappa shape index (κ2) is 5.66. The molecule has 112 valence electrons. The van der Waals surface area contributed by atoms with Crippen molar-refractivity contribution in [3.63, 3.8) is 0 Å². The van der Waals surface area contributed by atoms with Crippen molar-refractivity contribution < 1.29 is 4.79 Å². The van der Waals surface area contributed by atoms with E-state index in [4.69, 9.17) is 5.73 Å². The van der Waals surface area contributed by atoms with Crippen molar-refractivity contribution >= 4 is 33.0 Å². The zero-order chi connectivity index (χ0) is 15.0. The monoisotopic (exact) mass is 303 g/mol. The van der Waals surface area contributed by atoms with Crippen LogP contribution in [0.15, 0.2) is 18.2 Å². The van der Waals surface area contributed by atoms with Crippen LogP contribution in [0, 0.1) is 6.92 Å². The average Bonchev–Trinajstić information content (AvgIpc) is 2.66. The fraction of sp³-hybridized carbons (Fsp3) is 0.438. The molecule has 1 fully saturated rings. The van der Waals surface area contributed by atoms with E-state index in [0.29, 0.717) is 10.6 Å². The number of hydrogen-bond acceptors (Lipinski definition) is 4. The normalized spacial score (nSPS) is 17.1. The molecule has 0 atom stereocenters. The van der Waals surface area contributed by atoms with Crippen molar-refractivity contribution in [2.45, 2.75) is 13.3 Å². The van der Waals surface area contributed by atoms with Crippen LogP contribution in [0.2, 0.25) is 0 Å². The van der Waals surface area contributed by atoms with E-state index in [2.05, 4.69) is 24.9 Å². The van der Waals surface area contributed by atoms with Gasteiger partial charge in [-0.3, -0.25) is 4.79 Å². The van der Waals surface area contributed by atoms with E-state index in [-0.39, 0.29) is 5.91 Å². The third kappa shape index (κ3) is 2.63. The summed E-state index contributed by atoms with van der Waals surface area (Å²) >= 11 is 1.53. The zero-order valence-corrected chi connectivity index (χ0v) is 13.4. The summed E-state index contributed by atoms with van der Waals surface area (Å²) in [5, 5.41) is 1.01. The number of benzene rings is 1. The SMILES string of the molecule is Cc1cccc2c(N)c(C(=O)N3CCCN(C)CC3)sc12. The van der Waals surface area contributed by atoms with Crippen LogP contribution in [0.25, 0.3) is 10.1 Å². The molecule has 1 amide bonds. The Hall–Kier alpha value is -1.59. The number of nitrogens with two attached hydrogens (primary N) is 1. The lowest BCUT2D eigenvalue weighted by atomic mass is 10.1. The molecule has 0 unspecified atom stereocenters. The maximum atomic E-state index is 12.8. The van der Waals surface area contributed by atoms with Crippen molar-refractivity contribution in [2.75, 3.05) is 39.0 Å². The maximum absolute atomic E-state index is 12.8. The molecule has 4 nitrogen and oxygen atoms in total. The maximum Gasteiger partial charge on any atom is 0.266 e. The highest BCUT2D eigenvalue weighted by Gasteiger charge is 2.23. The van der Waals surface area contributed by atoms with Crippen molar-refractivity contribution in [3.8, 4) is 0 Å². The minimum absolute atomic E-state index is 0.0865. The lowest BCUT2D eigenvalue weighted by Gasteiger charge is -2.20. The van der Waals surface area contributed by atoms with Crippen LogP contribution in [0.5, 0.6) is 0 Å². The molecule has 5 heteroatoms. The number of likely N-dealkylation sites (N-methyl/N-ethyl adjacent to an activating group) is 1. The molecule has 0 aliphatic carbocycles. The fourth-order valence-corrected chi connectivity index (χ4v) is 3.99. The Morgan fingerprint density at radius 3 is 2.81 bits per heavy atom. The number of carbonyl (C=O) groups is 1. The quantitative estimate of drug-likeness (QED) is 0.881. The number of aryl methyl sites for hydroxylation is 1. The van der Waals surface area contributed by atoms with Gasteiger partial charge in [0.25, 0.3) is 5.91 Å². The molecule has 1 aromatic heterocycles. The second-order valence-electron chi connectivity index (χ2n) is 5.75. The van der Waals surface area contributed by atoms with Gasteiger partial charge < -0.3 is 15.5 Å². The van der Waals surface area contributed by atoms with Crippen LogP contribution in [0.4, 0.5) is 5.69 Å². The van der Waals surface area contributed by atoms with E-state index in [9.17, 15) is 4.79 Å². The van der Waals surface area contributed by atoms with E-state index in [1.54, 1.807) is 0 Å². The predicted octanol–water partition coefficient (Wildman–Crippen LogP) is 2.57. The standard InChI is InChI=1S/C16H21N3OS/c1-11-5-3-6-12-13(17)15(21-14(11)12)16(20)19-8-4-7-18(2)9-10-19/h3,5-6H,4,7-10,17H2,1-2H3. The third-order valence-corrected chi connectivity index (χ3v) is 5.50. The number of thiophene rings is 1. The van der Waals surface area contributed by atoms with Gasteiger partial charge in [-0.25, -0.2) is 0 Å². The summed E-state index contributed by atoms with van der Waals surface area (Å²) in [4.78, 5) is 17.7. The number of hydrogen-bond donors (Lipinski definition) is 1. The van der Waals surface area contributed by atoms with E-state index in [1.807, 2.05) is 17.0 Å². The molecule has 0 bridgehead atoms. The van der Waals surface area contributed by atoms with Gasteiger partial charge in [-0.15, -0.1) is 11.3 Å². The predicted molar refractivity (Wildman–Crippen MR) is 89.0 cm³/mol. The summed E-state index contributed by atoms with van der Waals surface area (Å²) in [5.41, 5.74) is 8.05. The minimum Gasteiger partial charge on any atom is -0.397 e. The molecule has 0 radical (unpaired) electrons. The smallest absolute Gasteiger partial charge is 0.266 e. The lowest BCUT2D eigenvalue weighted by molar-refractivity contribution is 0.0768. The first-order valence-corrected chi connectivity index (χ1v) is 8.15. The van der Waals surface area contributed by atoms with Crippen LogP contribution in [0.3, 0.4) is 0 Å². The summed E-state index contributed by atoms with van der Waals surface area (Å²) in [5.74, 6) is 0.0865. The Labute approximate surface area is 129 Å². The largest absolute Gasteiger partial charge is 0.397 e. The van der Waals surface area contributed by atoms with Crippen molar-refractivity contribution in [3.05, 3.63) is 28.6 Å². The highest BCUT2D eigenvalue weighted by atomic mass is 32.1. The number of nitrogens with zero attached hydrogens (tertiary/aromatic N) is 2. The Morgan fingerprint density at radius 2 is 2.05 bits per heavy atom. The molecule has 1 aliphatic rings. The van der Waals surface area contributed by atoms with E-state index >= 15 is 0 Å². The zero-order valence-electron chi connectivity index (χ0n) is 12.6. The highest BCUT2D eigenvalue weighted by Crippen LogP contribution is 2.36. The Kier molecular flexibility index (Phi) is 3.87. The van der Waals surface area contributed by atoms with Crippen molar-refractivity contribution in [2.24, 2.45) is 0 Å². The topological polar surface area (TPSA) is 49.6 Å². The highest BCUT2D eigenvalue weighted by molar-refractivity contribution is 7.21. The second-order valence-corrected chi connectivity index (χ2v) is 6.77. The Morgan fingerprint density at radius 1 is 1.24 bits per heavy atom. The van der Waals surface area contributed by atoms with Gasteiger partial charge in [0.15, 0.2) is 0 Å². The molecule has 1 aromatic carbocycles. The molecular weight excluding hydrogens is 282 g/mol. The number of carbonyl (C=O) groups excluding carboxylic acids is 1. The fourth-order valence-electron chi connectivity index (χ4n) is 2.83. The van der Waals surface area contributed by atoms with Gasteiger partial charge in [0, 0.05) is 29.7 Å². The molecule has 2 aromatic rings. The summed E-state index contributed by atoms with van der Waals surface area (Å²) in [7, 11) is 2.10. The van der Waals surface area contributed by atoms with Crippen LogP contribution >= 0.6 is 11.3 Å². The van der Waals surface area contributed by atoms with Gasteiger partial charge in [-0.2, -0.15) is 0 Å². The summed E-state index contributed by atoms with van der Waals surface area (Å²) < 4.78 is 1.13. The third-order valence-electron chi connectivity index (χ3n) is 4.15. The van der Waals surface area contributed by atoms with Crippen LogP contribution in [-0.4, -0.2) is 48.9 Å². The number of anilines is 1. The van der Waals surface area contributed by atoms with Crippen molar-refractivity contribution in [1.29, 1.82) is 0 Å². The molecule has 1 aliphatic heterocycles. The van der Waals surface area contributed by atoms with E-state index < -0.39 is 0 Å². The van der Waals surface area contributed by atoms with Crippen LogP contribution in [0.1, 0.15) is 21.7 Å². The van der Waals surface area contributed by atoms with E-state index in [1.165, 1.54) is 16.9 Å². The molecule has 0 spiro atoms. The first-order chi connectivity index (χ1) is 10.1. The van der Waals surface area contributed by atoms with Crippen LogP contribution < -0.4 is 5.73 Å². The number of rotatable bonds is 1. The summed E-state index contributed by atoms with van der Waals surface area (Å²) in [6.07, 6.45) is 1.02. The molecule has 0 saturated carbocycles. The van der Waals surface area contributed by atoms with Crippen molar-refractivity contribution in [1.82, 2.24) is 9.80 Å². The number of amides is 1. The summed E-state index contributed by atoms with van der Waals surface area (Å²) in [6, 6.07) is 6.06. The van der Waals surface area contributed by atoms with Gasteiger partial charge in [-0.1, -0.05) is 18.2 Å². The summed E-state index contributed by atoms with van der Waals surface area (Å²) in [6.45, 7) is 5.63. The average molecular weight is 303 g/mol. The molecular formula is C16H21N3OS. The Bertz CT molecular complexity index is 679. The first kappa shape index (κ1) is 14.4. The number of nitrogen functional groups attached to an aromatic ring is 1. The molecule has 1 saturated heterocycles. The van der Waals surface area contributed by atoms with Gasteiger partial charge in [-0.05, 0) is 32.5 Å². The minimum atomic E-state index is 0.0865.